The van der Waals surface area contributed by atoms with E-state index in [2.05, 4.69) is 20.4 Å². The van der Waals surface area contributed by atoms with E-state index in [-0.39, 0.29) is 16.5 Å². The molecule has 0 aromatic carbocycles. The molecule has 3 aliphatic rings. The lowest BCUT2D eigenvalue weighted by atomic mass is 9.76. The summed E-state index contributed by atoms with van der Waals surface area (Å²) >= 11 is 2.40. The van der Waals surface area contributed by atoms with Crippen molar-refractivity contribution in [1.29, 1.82) is 0 Å². The van der Waals surface area contributed by atoms with Crippen molar-refractivity contribution in [3.8, 4) is 0 Å². The van der Waals surface area contributed by atoms with Crippen molar-refractivity contribution < 1.29 is 33.9 Å². The van der Waals surface area contributed by atoms with Gasteiger partial charge in [-0.25, -0.2) is 9.78 Å². The van der Waals surface area contributed by atoms with Gasteiger partial charge >= 0.3 is 11.9 Å². The molecule has 4 N–H and O–H groups in total. The number of carbonyl (C=O) groups is 4. The number of hydrogen-bond donors (Lipinski definition) is 3. The summed E-state index contributed by atoms with van der Waals surface area (Å²) in [5.74, 6) is -2.35. The van der Waals surface area contributed by atoms with Gasteiger partial charge in [-0.05, 0) is 37.0 Å². The number of amides is 2. The number of anilines is 1. The first-order valence-corrected chi connectivity index (χ1v) is 15.5. The molecule has 1 saturated carbocycles. The Morgan fingerprint density at radius 3 is 2.72 bits per heavy atom. The number of thiazole rings is 1. The van der Waals surface area contributed by atoms with Crippen molar-refractivity contribution >= 4 is 63.8 Å². The highest BCUT2D eigenvalue weighted by molar-refractivity contribution is 8.00. The largest absolute Gasteiger partial charge is 0.427 e. The van der Waals surface area contributed by atoms with Gasteiger partial charge in [0.1, 0.15) is 22.8 Å². The van der Waals surface area contributed by atoms with E-state index >= 15 is 0 Å². The van der Waals surface area contributed by atoms with Gasteiger partial charge in [-0.2, -0.15) is 0 Å². The number of pyridine rings is 1. The first-order chi connectivity index (χ1) is 20.7. The molecular weight excluding hydrogens is 596 g/mol. The van der Waals surface area contributed by atoms with Crippen molar-refractivity contribution in [2.45, 2.75) is 50.4 Å². The Kier molecular flexibility index (Phi) is 9.11. The lowest BCUT2D eigenvalue weighted by Gasteiger charge is -2.49. The lowest BCUT2D eigenvalue weighted by molar-refractivity contribution is -0.176. The molecule has 2 atom stereocenters. The number of nitrogens with zero attached hydrogens (tertiary/aromatic N) is 4. The lowest BCUT2D eigenvalue weighted by Crippen LogP contribution is -2.71. The van der Waals surface area contributed by atoms with E-state index in [9.17, 15) is 24.4 Å². The molecule has 2 aromatic rings. The minimum atomic E-state index is -1.01. The number of ether oxygens (including phenoxy) is 2. The Labute approximate surface area is 255 Å². The summed E-state index contributed by atoms with van der Waals surface area (Å²) in [6.45, 7) is 1.26. The Hall–Kier alpha value is -4.24. The molecule has 2 aliphatic heterocycles. The normalized spacial score (nSPS) is 21.7. The number of rotatable bonds is 9. The zero-order valence-corrected chi connectivity index (χ0v) is 24.9. The average molecular weight is 627 g/mol. The standard InChI is InChI=1S/C28H30N6O7S2/c1-28(9-3-2-4-10-28)26(38)41-15-40-25(37)21-17(8-7-16-6-5-11-30-12-16)13-42-24-20(23(36)34(21)24)32-22(35)19(33-39)18-14-43-27(29)31-18/h5-8,11-12,14,20,24,39H,2-4,9-10,13,15H2,1H3,(H2,29,31)(H,32,35)/b8-7-,33-19-/t20-,24-/m1/s1. The number of thioether (sulfide) groups is 1. The highest BCUT2D eigenvalue weighted by Gasteiger charge is 2.54. The van der Waals surface area contributed by atoms with Gasteiger partial charge in [0.2, 0.25) is 6.79 Å². The molecule has 1 saturated heterocycles. The molecule has 43 heavy (non-hydrogen) atoms. The van der Waals surface area contributed by atoms with E-state index in [4.69, 9.17) is 15.2 Å². The quantitative estimate of drug-likeness (QED) is 0.0928. The Morgan fingerprint density at radius 1 is 1.26 bits per heavy atom. The van der Waals surface area contributed by atoms with Crippen LogP contribution in [0.2, 0.25) is 0 Å². The number of nitrogens with one attached hydrogen (secondary N) is 1. The minimum absolute atomic E-state index is 0.0114. The molecule has 1 aliphatic carbocycles. The Bertz CT molecular complexity index is 1500. The summed E-state index contributed by atoms with van der Waals surface area (Å²) < 4.78 is 10.7. The highest BCUT2D eigenvalue weighted by Crippen LogP contribution is 2.41. The third kappa shape index (κ3) is 6.41. The molecule has 0 bridgehead atoms. The van der Waals surface area contributed by atoms with E-state index in [1.807, 2.05) is 13.0 Å². The molecule has 0 radical (unpaired) electrons. The van der Waals surface area contributed by atoms with Crippen LogP contribution in [0, 0.1) is 5.41 Å². The number of hydrogen-bond acceptors (Lipinski definition) is 13. The van der Waals surface area contributed by atoms with Gasteiger partial charge in [0.15, 0.2) is 10.8 Å². The second-order valence-corrected chi connectivity index (χ2v) is 12.5. The van der Waals surface area contributed by atoms with E-state index in [1.54, 1.807) is 30.6 Å². The van der Waals surface area contributed by atoms with Crippen LogP contribution in [0.4, 0.5) is 5.13 Å². The van der Waals surface area contributed by atoms with Crippen molar-refractivity contribution in [3.05, 3.63) is 58.5 Å². The van der Waals surface area contributed by atoms with Gasteiger partial charge in [0.25, 0.3) is 11.8 Å². The minimum Gasteiger partial charge on any atom is -0.427 e. The molecule has 0 unspecified atom stereocenters. The van der Waals surface area contributed by atoms with E-state index in [1.165, 1.54) is 22.0 Å². The Morgan fingerprint density at radius 2 is 2.05 bits per heavy atom. The predicted octanol–water partition coefficient (Wildman–Crippen LogP) is 2.68. The number of carbonyl (C=O) groups excluding carboxylic acids is 4. The maximum absolute atomic E-state index is 13.4. The summed E-state index contributed by atoms with van der Waals surface area (Å²) in [6, 6.07) is 2.59. The smallest absolute Gasteiger partial charge is 0.358 e. The fourth-order valence-corrected chi connectivity index (χ4v) is 7.03. The van der Waals surface area contributed by atoms with Crippen molar-refractivity contribution in [1.82, 2.24) is 20.2 Å². The number of β-lactam (4-membered cyclic amide) rings is 1. The van der Waals surface area contributed by atoms with Crippen LogP contribution in [0.1, 0.15) is 50.3 Å². The molecule has 13 nitrogen and oxygen atoms in total. The first kappa shape index (κ1) is 30.2. The molecule has 5 rings (SSSR count). The topological polar surface area (TPSA) is 186 Å². The van der Waals surface area contributed by atoms with Gasteiger partial charge in [0, 0.05) is 23.5 Å². The number of nitrogen functional groups attached to an aromatic ring is 1. The molecule has 2 fully saturated rings. The van der Waals surface area contributed by atoms with E-state index in [0.717, 1.165) is 36.2 Å². The molecule has 4 heterocycles. The maximum Gasteiger partial charge on any atom is 0.358 e. The summed E-state index contributed by atoms with van der Waals surface area (Å²) in [7, 11) is 0. The van der Waals surface area contributed by atoms with Gasteiger partial charge in [-0.1, -0.05) is 42.6 Å². The zero-order chi connectivity index (χ0) is 30.6. The fourth-order valence-electron chi connectivity index (χ4n) is 5.17. The van der Waals surface area contributed by atoms with Crippen LogP contribution in [-0.4, -0.2) is 73.5 Å². The number of oxime groups is 1. The molecule has 2 amide bonds. The van der Waals surface area contributed by atoms with Gasteiger partial charge < -0.3 is 25.7 Å². The second-order valence-electron chi connectivity index (χ2n) is 10.5. The van der Waals surface area contributed by atoms with Crippen molar-refractivity contribution in [2.24, 2.45) is 10.6 Å². The van der Waals surface area contributed by atoms with Gasteiger partial charge in [0.05, 0.1) is 5.41 Å². The van der Waals surface area contributed by atoms with Crippen LogP contribution >= 0.6 is 23.1 Å². The van der Waals surface area contributed by atoms with Crippen LogP contribution < -0.4 is 11.1 Å². The van der Waals surface area contributed by atoms with Crippen LogP contribution in [-0.2, 0) is 28.7 Å². The third-order valence-corrected chi connectivity index (χ3v) is 9.52. The van der Waals surface area contributed by atoms with Crippen LogP contribution in [0.3, 0.4) is 0 Å². The maximum atomic E-state index is 13.4. The molecule has 0 spiro atoms. The second kappa shape index (κ2) is 13.0. The van der Waals surface area contributed by atoms with Crippen LogP contribution in [0.25, 0.3) is 6.08 Å². The van der Waals surface area contributed by atoms with Gasteiger partial charge in [-0.3, -0.25) is 24.3 Å². The fraction of sp³-hybridized carbons (Fsp3) is 0.393. The predicted molar refractivity (Wildman–Crippen MR) is 158 cm³/mol. The van der Waals surface area contributed by atoms with E-state index < -0.39 is 53.1 Å². The molecule has 15 heteroatoms. The van der Waals surface area contributed by atoms with Crippen molar-refractivity contribution in [3.63, 3.8) is 0 Å². The first-order valence-electron chi connectivity index (χ1n) is 13.6. The molecule has 226 valence electrons. The number of fused-ring (bicyclic) bond motifs is 1. The van der Waals surface area contributed by atoms with Crippen LogP contribution in [0.15, 0.2) is 52.4 Å². The SMILES string of the molecule is CC1(C(=O)OCOC(=O)C2=C(/C=C\c3cccnc3)CS[C@@H]3[C@H](NC(=O)/C(=N\O)c4csc(N)n4)C(=O)N23)CCCCC1. The number of nitrogens with two attached hydrogens (primary N) is 1. The number of esters is 2. The Balaban J connectivity index is 1.32. The van der Waals surface area contributed by atoms with Crippen molar-refractivity contribution in [2.75, 3.05) is 18.3 Å². The van der Waals surface area contributed by atoms with Crippen LogP contribution in [0.5, 0.6) is 0 Å². The molecule has 2 aromatic heterocycles. The third-order valence-electron chi connectivity index (χ3n) is 7.55. The zero-order valence-electron chi connectivity index (χ0n) is 23.2. The highest BCUT2D eigenvalue weighted by atomic mass is 32.2. The molecular formula is C28H30N6O7S2. The number of allylic oxidation sites excluding steroid dienone is 1. The number of aromatic nitrogens is 2. The summed E-state index contributed by atoms with van der Waals surface area (Å²) in [4.78, 5) is 61.6. The summed E-state index contributed by atoms with van der Waals surface area (Å²) in [6.07, 6.45) is 11.1. The monoisotopic (exact) mass is 626 g/mol. The van der Waals surface area contributed by atoms with Gasteiger partial charge in [-0.15, -0.1) is 23.1 Å². The summed E-state index contributed by atoms with van der Waals surface area (Å²) in [5, 5.41) is 16.0. The van der Waals surface area contributed by atoms with E-state index in [0.29, 0.717) is 24.2 Å². The average Bonchev–Trinajstić information content (AvgIpc) is 3.44. The summed E-state index contributed by atoms with van der Waals surface area (Å²) in [5.41, 5.74) is 5.95.